The van der Waals surface area contributed by atoms with E-state index in [1.165, 1.54) is 0 Å². The highest BCUT2D eigenvalue weighted by molar-refractivity contribution is 6.15. The fourth-order valence-corrected chi connectivity index (χ4v) is 16.2. The fourth-order valence-electron chi connectivity index (χ4n) is 16.2. The molecular weight excluding hydrogens is 1800 g/mol. The van der Waals surface area contributed by atoms with Crippen LogP contribution < -0.4 is 0 Å². The average molecular weight is 1860 g/mol. The quantitative estimate of drug-likeness (QED) is 0.0619. The molecule has 7 heterocycles. The van der Waals surface area contributed by atoms with Crippen LogP contribution in [0.4, 0.5) is 0 Å². The third-order valence-electron chi connectivity index (χ3n) is 22.3. The molecule has 0 saturated carbocycles. The maximum Gasteiger partial charge on any atom is 0.339 e. The van der Waals surface area contributed by atoms with Gasteiger partial charge in [-0.25, -0.2) is 47.9 Å². The molecule has 0 amide bonds. The molecule has 10 atom stereocenters. The average Bonchev–Trinajstić information content (AvgIpc) is 0.801. The molecule has 0 fully saturated rings. The number of hydrogen-bond donors (Lipinski definition) is 31. The molecule has 31 N–H and O–H groups in total. The van der Waals surface area contributed by atoms with E-state index in [0.717, 1.165) is 0 Å². The Balaban J connectivity index is 0.976. The molecule has 133 heavy (non-hydrogen) atoms. The van der Waals surface area contributed by atoms with Gasteiger partial charge in [0, 0.05) is 61.2 Å². The van der Waals surface area contributed by atoms with E-state index in [4.69, 9.17) is 47.4 Å². The van der Waals surface area contributed by atoms with Gasteiger partial charge in [-0.3, -0.25) is 0 Å². The molecule has 0 unspecified atom stereocenters. The molecular formula is C82H54O51. The number of fused-ring (bicyclic) bond motifs is 13. The zero-order valence-electron chi connectivity index (χ0n) is 64.9. The minimum atomic E-state index is -3.57. The van der Waals surface area contributed by atoms with Gasteiger partial charge in [-0.15, -0.1) is 0 Å². The molecule has 0 saturated heterocycles. The van der Waals surface area contributed by atoms with E-state index in [9.17, 15) is 173 Å². The summed E-state index contributed by atoms with van der Waals surface area (Å²) < 4.78 is 58.1. The van der Waals surface area contributed by atoms with Crippen LogP contribution in [0.5, 0.6) is 172 Å². The largest absolute Gasteiger partial charge is 0.504 e. The number of phenolic OH excluding ortho intramolecular Hbond substituents is 30. The van der Waals surface area contributed by atoms with Crippen LogP contribution in [0.15, 0.2) is 54.6 Å². The zero-order chi connectivity index (χ0) is 96.8. The third-order valence-corrected chi connectivity index (χ3v) is 22.3. The summed E-state index contributed by atoms with van der Waals surface area (Å²) in [5, 5.41) is 356. The topological polar surface area (TPSA) is 890 Å². The maximum absolute atomic E-state index is 16.6. The van der Waals surface area contributed by atoms with E-state index in [1.54, 1.807) is 0 Å². The van der Waals surface area contributed by atoms with Gasteiger partial charge in [-0.1, -0.05) is 0 Å². The van der Waals surface area contributed by atoms with E-state index in [-0.39, 0.29) is 42.5 Å². The Hall–Kier alpha value is -19.1. The minimum Gasteiger partial charge on any atom is -0.504 e. The van der Waals surface area contributed by atoms with Gasteiger partial charge >= 0.3 is 59.7 Å². The summed E-state index contributed by atoms with van der Waals surface area (Å²) in [6.45, 7) is -4.07. The first kappa shape index (κ1) is 87.3. The van der Waals surface area contributed by atoms with Crippen molar-refractivity contribution in [3.63, 3.8) is 0 Å². The molecule has 0 radical (unpaired) electrons. The van der Waals surface area contributed by atoms with Crippen LogP contribution in [0.2, 0.25) is 0 Å². The van der Waals surface area contributed by atoms with Crippen LogP contribution in [-0.2, 0) is 47.4 Å². The number of carbonyl (C=O) groups excluding carboxylic acids is 10. The van der Waals surface area contributed by atoms with E-state index >= 15 is 33.6 Å². The molecule has 0 aromatic heterocycles. The highest BCUT2D eigenvalue weighted by atomic mass is 16.7. The van der Waals surface area contributed by atoms with Crippen molar-refractivity contribution >= 4 is 59.7 Å². The molecule has 688 valence electrons. The second kappa shape index (κ2) is 30.6. The number of rotatable bonds is 7. The predicted octanol–water partition coefficient (Wildman–Crippen LogP) is 3.09. The number of aliphatic hydroxyl groups excluding tert-OH is 1. The number of carbonyl (C=O) groups is 10. The standard InChI is InChI=1S/C82H54O51/c83-20-1-12(2-21(84)45(20)92)73(114)126-29-10-124-74(115)13-3-22(85)46(93)53(100)31(13)33-15(5-24(87)48(95)55(33)102)77(118)128-67(29)71-69-41(40-42(81(122)130-69)38(60(107)65(112)62(40)109)35-17(79(120)132-71)7-26(89)50(97)57(35)104)37-19(9-28(91)52(99)59(37)106)76(117)127-30-11-125-75(116)14-4-23(86)47(94)54(101)32(14)34-16(6-25(88)49(96)56(34)103)78(119)129-68(30)72-70-64(111)44-43(82(123)131-70)39(61(108)66(113)63(44)110)36-18(80(121)133-72)8-27(90)51(98)58(36)105/h1-9,29-30,41,64,67-72,83-113H,10-11H2/t29-,30+,41+,64+,67-,68-,69-,70-,71-,72-/m0/s1. The lowest BCUT2D eigenvalue weighted by molar-refractivity contribution is -0.154. The first-order valence-corrected chi connectivity index (χ1v) is 37.1. The lowest BCUT2D eigenvalue weighted by atomic mass is 9.73. The highest BCUT2D eigenvalue weighted by Gasteiger charge is 2.60. The number of benzene rings is 10. The zero-order valence-corrected chi connectivity index (χ0v) is 64.9. The van der Waals surface area contributed by atoms with E-state index in [0.29, 0.717) is 12.1 Å². The van der Waals surface area contributed by atoms with Gasteiger partial charge in [0.25, 0.3) is 0 Å². The Morgan fingerprint density at radius 1 is 0.233 bits per heavy atom. The molecule has 7 aliphatic heterocycles. The van der Waals surface area contributed by atoms with Gasteiger partial charge < -0.3 is 206 Å². The summed E-state index contributed by atoms with van der Waals surface area (Å²) in [5.74, 6) is -77.7. The Morgan fingerprint density at radius 3 is 0.850 bits per heavy atom. The second-order valence-electron chi connectivity index (χ2n) is 29.7. The van der Waals surface area contributed by atoms with Gasteiger partial charge in [0.15, 0.2) is 170 Å². The fraction of sp³-hybridized carbons (Fsp3) is 0.146. The van der Waals surface area contributed by atoms with Crippen LogP contribution in [0.3, 0.4) is 0 Å². The molecule has 51 heteroatoms. The Bertz CT molecular complexity index is 7020. The monoisotopic (exact) mass is 1850 g/mol. The molecule has 10 aromatic rings. The van der Waals surface area contributed by atoms with Crippen LogP contribution in [0, 0.1) is 0 Å². The molecule has 17 rings (SSSR count). The maximum atomic E-state index is 16.6. The van der Waals surface area contributed by atoms with E-state index < -0.39 is 423 Å². The van der Waals surface area contributed by atoms with Crippen molar-refractivity contribution in [3.05, 3.63) is 127 Å². The number of phenols is 30. The summed E-state index contributed by atoms with van der Waals surface area (Å²) in [4.78, 5) is 155. The Morgan fingerprint density at radius 2 is 0.489 bits per heavy atom. The number of hydrogen-bond acceptors (Lipinski definition) is 51. The summed E-state index contributed by atoms with van der Waals surface area (Å²) >= 11 is 0. The molecule has 0 aliphatic carbocycles. The van der Waals surface area contributed by atoms with Crippen molar-refractivity contribution in [3.8, 4) is 217 Å². The number of cyclic esters (lactones) is 5. The number of aromatic hydroxyl groups is 30. The van der Waals surface area contributed by atoms with Crippen molar-refractivity contribution < 1.29 is 254 Å². The Kier molecular flexibility index (Phi) is 20.1. The third kappa shape index (κ3) is 13.0. The normalized spacial score (nSPS) is 20.1. The number of esters is 10. The predicted molar refractivity (Wildman–Crippen MR) is 411 cm³/mol. The van der Waals surface area contributed by atoms with Crippen molar-refractivity contribution in [2.24, 2.45) is 0 Å². The smallest absolute Gasteiger partial charge is 0.339 e. The van der Waals surface area contributed by atoms with E-state index in [2.05, 4.69) is 0 Å². The minimum absolute atomic E-state index is 0.0815. The van der Waals surface area contributed by atoms with Gasteiger partial charge in [0.2, 0.25) is 51.7 Å². The lowest BCUT2D eigenvalue weighted by Gasteiger charge is -2.43. The lowest BCUT2D eigenvalue weighted by Crippen LogP contribution is -2.56. The van der Waals surface area contributed by atoms with Gasteiger partial charge in [0.05, 0.1) is 61.6 Å². The molecule has 6 bridgehead atoms. The second-order valence-corrected chi connectivity index (χ2v) is 29.7. The van der Waals surface area contributed by atoms with Gasteiger partial charge in [0.1, 0.15) is 19.3 Å². The Labute approximate surface area is 728 Å². The summed E-state index contributed by atoms with van der Waals surface area (Å²) in [5.41, 5.74) is -31.9. The first-order valence-electron chi connectivity index (χ1n) is 37.1. The van der Waals surface area contributed by atoms with Gasteiger partial charge in [-0.2, -0.15) is 0 Å². The molecule has 0 spiro atoms. The van der Waals surface area contributed by atoms with Crippen molar-refractivity contribution in [2.75, 3.05) is 13.2 Å². The SMILES string of the molecule is O=C(O[C@H]1COC(=O)c2cc(O)c(O)c(O)c2-c2c(cc(O)c(O)c2O)C(=O)O[C@@H]1[C@@H]1OC(=O)c2cc(O)c(O)c(O)c2-c2c(O)c(O)c(O)c3c2C(=O)O[C@H]1[C@@H]3c1c(C(=O)O[C@@H]2COC(=O)c3cc(O)c(O)c(O)c3-c3c(cc(O)c(O)c3O)C(=O)O[C@@H]2[C@@H]2OC(=O)c3cc(O)c(O)c(O)c3-c3c(O)c(O)c(O)c4c3C(=O)O[C@H]2[C@@H]4O)cc(O)c(O)c1O)c1cc(O)c(O)c(O)c1. The van der Waals surface area contributed by atoms with Crippen molar-refractivity contribution in [1.82, 2.24) is 0 Å². The number of ether oxygens (including phenoxy) is 10. The van der Waals surface area contributed by atoms with Gasteiger partial charge in [-0.05, 0) is 54.6 Å². The summed E-state index contributed by atoms with van der Waals surface area (Å²) in [7, 11) is 0. The van der Waals surface area contributed by atoms with Crippen molar-refractivity contribution in [1.29, 1.82) is 0 Å². The number of aliphatic hydroxyl groups is 1. The molecule has 7 aliphatic rings. The van der Waals surface area contributed by atoms with E-state index in [1.807, 2.05) is 0 Å². The van der Waals surface area contributed by atoms with Crippen LogP contribution in [-0.4, -0.2) is 280 Å². The van der Waals surface area contributed by atoms with Crippen LogP contribution in [0.25, 0.3) is 44.5 Å². The highest BCUT2D eigenvalue weighted by Crippen LogP contribution is 2.64. The molecule has 10 aromatic carbocycles. The molecule has 51 nitrogen and oxygen atoms in total. The van der Waals surface area contributed by atoms with Crippen molar-refractivity contribution in [2.45, 2.75) is 60.9 Å². The van der Waals surface area contributed by atoms with Crippen LogP contribution >= 0.6 is 0 Å². The van der Waals surface area contributed by atoms with Crippen LogP contribution in [0.1, 0.15) is 132 Å². The summed E-state index contributed by atoms with van der Waals surface area (Å²) in [6.07, 6.45) is -30.1. The summed E-state index contributed by atoms with van der Waals surface area (Å²) in [6, 6.07) is 1.42. The first-order chi connectivity index (χ1) is 62.5.